The van der Waals surface area contributed by atoms with Crippen molar-refractivity contribution in [1.29, 1.82) is 0 Å². The van der Waals surface area contributed by atoms with Crippen molar-refractivity contribution in [3.63, 3.8) is 0 Å². The Morgan fingerprint density at radius 3 is 2.00 bits per heavy atom. The molecule has 0 fully saturated rings. The quantitative estimate of drug-likeness (QED) is 0.777. The van der Waals surface area contributed by atoms with Crippen LogP contribution >= 0.6 is 0 Å². The number of carbonyl (C=O) groups is 1. The van der Waals surface area contributed by atoms with Crippen LogP contribution in [-0.4, -0.2) is 11.1 Å². The lowest BCUT2D eigenvalue weighted by molar-refractivity contribution is -0.137. The largest absolute Gasteiger partial charge is 0.478 e. The minimum Gasteiger partial charge on any atom is -0.478 e. The van der Waals surface area contributed by atoms with Gasteiger partial charge in [-0.25, -0.2) is 4.79 Å². The molecule has 2 aromatic carbocycles. The number of hydrogen-bond acceptors (Lipinski definition) is 1. The second kappa shape index (κ2) is 5.60. The van der Waals surface area contributed by atoms with Gasteiger partial charge in [-0.15, -0.1) is 0 Å². The third kappa shape index (κ3) is 3.46. The molecule has 0 unspecified atom stereocenters. The number of hydrogen-bond donors (Lipinski definition) is 1. The molecule has 2 aromatic rings. The molecular formula is C15H8F6O2. The van der Waals surface area contributed by atoms with Gasteiger partial charge in [0.25, 0.3) is 0 Å². The van der Waals surface area contributed by atoms with Gasteiger partial charge in [0.05, 0.1) is 16.7 Å². The fraction of sp³-hybridized carbons (Fsp3) is 0.133. The summed E-state index contributed by atoms with van der Waals surface area (Å²) in [5.41, 5.74) is -4.46. The van der Waals surface area contributed by atoms with Crippen LogP contribution < -0.4 is 0 Å². The Bertz CT molecular complexity index is 746. The van der Waals surface area contributed by atoms with Crippen molar-refractivity contribution in [2.24, 2.45) is 0 Å². The molecular weight excluding hydrogens is 326 g/mol. The molecule has 0 spiro atoms. The molecule has 2 nitrogen and oxygen atoms in total. The van der Waals surface area contributed by atoms with E-state index in [-0.39, 0.29) is 0 Å². The Balaban J connectivity index is 2.79. The summed E-state index contributed by atoms with van der Waals surface area (Å²) in [5, 5.41) is 9.06. The Kier molecular flexibility index (Phi) is 4.10. The molecule has 0 aromatic heterocycles. The van der Waals surface area contributed by atoms with Crippen LogP contribution in [0.15, 0.2) is 42.5 Å². The van der Waals surface area contributed by atoms with Crippen LogP contribution in [0.3, 0.4) is 0 Å². The van der Waals surface area contributed by atoms with Crippen molar-refractivity contribution in [3.8, 4) is 11.1 Å². The van der Waals surface area contributed by atoms with Crippen molar-refractivity contribution in [2.45, 2.75) is 12.4 Å². The van der Waals surface area contributed by atoms with E-state index in [0.717, 1.165) is 24.3 Å². The van der Waals surface area contributed by atoms with E-state index in [0.29, 0.717) is 18.2 Å². The van der Waals surface area contributed by atoms with Crippen molar-refractivity contribution < 1.29 is 36.2 Å². The Morgan fingerprint density at radius 1 is 0.870 bits per heavy atom. The highest BCUT2D eigenvalue weighted by atomic mass is 19.4. The predicted octanol–water partition coefficient (Wildman–Crippen LogP) is 5.09. The average Bonchev–Trinajstić information content (AvgIpc) is 2.44. The maximum absolute atomic E-state index is 13.1. The Hall–Kier alpha value is -2.51. The van der Waals surface area contributed by atoms with Crippen molar-refractivity contribution in [3.05, 3.63) is 59.2 Å². The molecule has 0 aliphatic rings. The number of alkyl halides is 6. The van der Waals surface area contributed by atoms with Gasteiger partial charge in [-0.05, 0) is 29.8 Å². The topological polar surface area (TPSA) is 37.3 Å². The lowest BCUT2D eigenvalue weighted by Crippen LogP contribution is -2.12. The summed E-state index contributed by atoms with van der Waals surface area (Å²) in [7, 11) is 0. The highest BCUT2D eigenvalue weighted by Gasteiger charge is 2.36. The summed E-state index contributed by atoms with van der Waals surface area (Å²) in [6.45, 7) is 0. The summed E-state index contributed by atoms with van der Waals surface area (Å²) >= 11 is 0. The van der Waals surface area contributed by atoms with Crippen molar-refractivity contribution >= 4 is 5.97 Å². The van der Waals surface area contributed by atoms with Crippen LogP contribution in [0.25, 0.3) is 11.1 Å². The Labute approximate surface area is 126 Å². The number of carboxylic acids is 1. The number of rotatable bonds is 2. The molecule has 0 radical (unpaired) electrons. The van der Waals surface area contributed by atoms with Crippen LogP contribution in [0.1, 0.15) is 21.5 Å². The van der Waals surface area contributed by atoms with Gasteiger partial charge in [0.2, 0.25) is 0 Å². The monoisotopic (exact) mass is 334 g/mol. The number of benzene rings is 2. The fourth-order valence-corrected chi connectivity index (χ4v) is 2.13. The van der Waals surface area contributed by atoms with E-state index in [9.17, 15) is 31.1 Å². The third-order valence-electron chi connectivity index (χ3n) is 3.08. The molecule has 2 rings (SSSR count). The van der Waals surface area contributed by atoms with Gasteiger partial charge in [0, 0.05) is 5.56 Å². The predicted molar refractivity (Wildman–Crippen MR) is 68.8 cm³/mol. The number of halogens is 6. The maximum atomic E-state index is 13.1. The van der Waals surface area contributed by atoms with E-state index >= 15 is 0 Å². The first-order chi connectivity index (χ1) is 10.5. The van der Waals surface area contributed by atoms with E-state index in [2.05, 4.69) is 0 Å². The van der Waals surface area contributed by atoms with Crippen molar-refractivity contribution in [2.75, 3.05) is 0 Å². The van der Waals surface area contributed by atoms with E-state index in [1.165, 1.54) is 0 Å². The van der Waals surface area contributed by atoms with Gasteiger partial charge < -0.3 is 5.11 Å². The number of carboxylic acid groups (broad SMARTS) is 1. The molecule has 0 amide bonds. The second-order valence-corrected chi connectivity index (χ2v) is 4.61. The molecule has 0 aliphatic carbocycles. The summed E-state index contributed by atoms with van der Waals surface area (Å²) in [5.74, 6) is -1.66. The Morgan fingerprint density at radius 2 is 1.48 bits per heavy atom. The van der Waals surface area contributed by atoms with Crippen LogP contribution in [0.4, 0.5) is 26.3 Å². The lowest BCUT2D eigenvalue weighted by Gasteiger charge is -2.16. The van der Waals surface area contributed by atoms with Crippen LogP contribution in [0, 0.1) is 0 Å². The molecule has 1 N–H and O–H groups in total. The summed E-state index contributed by atoms with van der Waals surface area (Å²) in [6.07, 6.45) is -9.67. The highest BCUT2D eigenvalue weighted by molar-refractivity contribution is 5.97. The second-order valence-electron chi connectivity index (χ2n) is 4.61. The van der Waals surface area contributed by atoms with E-state index in [4.69, 9.17) is 5.11 Å². The van der Waals surface area contributed by atoms with Gasteiger partial charge in [0.15, 0.2) is 0 Å². The lowest BCUT2D eigenvalue weighted by atomic mass is 9.93. The van der Waals surface area contributed by atoms with Gasteiger partial charge in [0.1, 0.15) is 0 Å². The highest BCUT2D eigenvalue weighted by Crippen LogP contribution is 2.40. The van der Waals surface area contributed by atoms with E-state index in [1.807, 2.05) is 0 Å². The molecule has 0 bridgehead atoms. The molecule has 8 heteroatoms. The number of aromatic carboxylic acids is 1. The molecule has 0 atom stereocenters. The van der Waals surface area contributed by atoms with E-state index in [1.54, 1.807) is 0 Å². The first-order valence-corrected chi connectivity index (χ1v) is 6.13. The smallest absolute Gasteiger partial charge is 0.417 e. The minimum atomic E-state index is -4.91. The SMILES string of the molecule is O=C(O)c1cccc(C(F)(F)F)c1-c1cccc(C(F)(F)F)c1. The van der Waals surface area contributed by atoms with E-state index < -0.39 is 46.1 Å². The standard InChI is InChI=1S/C15H8F6O2/c16-14(17,18)9-4-1-3-8(7-9)12-10(13(22)23)5-2-6-11(12)15(19,20)21/h1-7H,(H,22,23). The summed E-state index contributed by atoms with van der Waals surface area (Å²) in [6, 6.07) is 5.55. The van der Waals surface area contributed by atoms with Crippen molar-refractivity contribution in [1.82, 2.24) is 0 Å². The molecule has 122 valence electrons. The van der Waals surface area contributed by atoms with Gasteiger partial charge in [-0.2, -0.15) is 26.3 Å². The van der Waals surface area contributed by atoms with Crippen LogP contribution in [-0.2, 0) is 12.4 Å². The third-order valence-corrected chi connectivity index (χ3v) is 3.08. The zero-order valence-electron chi connectivity index (χ0n) is 11.2. The molecule has 23 heavy (non-hydrogen) atoms. The molecule has 0 saturated heterocycles. The molecule has 0 aliphatic heterocycles. The van der Waals surface area contributed by atoms with Gasteiger partial charge in [-0.3, -0.25) is 0 Å². The van der Waals surface area contributed by atoms with Crippen LogP contribution in [0.5, 0.6) is 0 Å². The average molecular weight is 334 g/mol. The zero-order valence-corrected chi connectivity index (χ0v) is 11.2. The first-order valence-electron chi connectivity index (χ1n) is 6.13. The van der Waals surface area contributed by atoms with Crippen LogP contribution in [0.2, 0.25) is 0 Å². The summed E-state index contributed by atoms with van der Waals surface area (Å²) in [4.78, 5) is 11.2. The zero-order chi connectivity index (χ0) is 17.4. The molecule has 0 saturated carbocycles. The van der Waals surface area contributed by atoms with Gasteiger partial charge >= 0.3 is 18.3 Å². The normalized spacial score (nSPS) is 12.3. The fourth-order valence-electron chi connectivity index (χ4n) is 2.13. The molecule has 0 heterocycles. The first kappa shape index (κ1) is 16.9. The van der Waals surface area contributed by atoms with Gasteiger partial charge in [-0.1, -0.05) is 18.2 Å². The maximum Gasteiger partial charge on any atom is 0.417 e. The minimum absolute atomic E-state index is 0.467. The summed E-state index contributed by atoms with van der Waals surface area (Å²) < 4.78 is 77.5.